The fraction of sp³-hybridized carbons (Fsp3) is 0.381. The van der Waals surface area contributed by atoms with E-state index in [0.29, 0.717) is 19.5 Å². The summed E-state index contributed by atoms with van der Waals surface area (Å²) in [6.45, 7) is 3.50. The van der Waals surface area contributed by atoms with Crippen LogP contribution in [0.25, 0.3) is 0 Å². The van der Waals surface area contributed by atoms with Crippen LogP contribution >= 0.6 is 15.9 Å². The van der Waals surface area contributed by atoms with Gasteiger partial charge in [0.1, 0.15) is 6.04 Å². The van der Waals surface area contributed by atoms with Crippen molar-refractivity contribution < 1.29 is 13.2 Å². The Kier molecular flexibility index (Phi) is 5.33. The fourth-order valence-corrected chi connectivity index (χ4v) is 5.92. The lowest BCUT2D eigenvalue weighted by Crippen LogP contribution is -2.53. The number of halogens is 1. The van der Waals surface area contributed by atoms with Crippen LogP contribution in [0, 0.1) is 6.92 Å². The van der Waals surface area contributed by atoms with Crippen molar-refractivity contribution in [2.45, 2.75) is 43.7 Å². The SMILES string of the molecule is Cc1cc(S(=O)(=O)N2Cc3ccccc3C[C@@H]2C(=O)N2CCCC2)ccc1Br. The Labute approximate surface area is 174 Å². The Hall–Kier alpha value is -1.70. The number of carbonyl (C=O) groups is 1. The maximum atomic E-state index is 13.5. The Morgan fingerprint density at radius 3 is 2.43 bits per heavy atom. The number of sulfonamides is 1. The van der Waals surface area contributed by atoms with Gasteiger partial charge in [-0.05, 0) is 61.1 Å². The molecule has 0 bridgehead atoms. The van der Waals surface area contributed by atoms with Gasteiger partial charge in [0.05, 0.1) is 4.90 Å². The lowest BCUT2D eigenvalue weighted by Gasteiger charge is -2.37. The minimum Gasteiger partial charge on any atom is -0.341 e. The summed E-state index contributed by atoms with van der Waals surface area (Å²) in [5.74, 6) is -0.0792. The molecule has 148 valence electrons. The van der Waals surface area contributed by atoms with Gasteiger partial charge in [0.2, 0.25) is 15.9 Å². The van der Waals surface area contributed by atoms with Crippen LogP contribution in [0.5, 0.6) is 0 Å². The van der Waals surface area contributed by atoms with Gasteiger partial charge in [-0.3, -0.25) is 4.79 Å². The van der Waals surface area contributed by atoms with Gasteiger partial charge in [-0.25, -0.2) is 8.42 Å². The maximum Gasteiger partial charge on any atom is 0.244 e. The molecule has 1 atom stereocenters. The molecule has 2 heterocycles. The summed E-state index contributed by atoms with van der Waals surface area (Å²) in [5, 5.41) is 0. The van der Waals surface area contributed by atoms with E-state index in [1.54, 1.807) is 18.2 Å². The van der Waals surface area contributed by atoms with Gasteiger partial charge >= 0.3 is 0 Å². The average Bonchev–Trinajstić information content (AvgIpc) is 3.23. The van der Waals surface area contributed by atoms with Gasteiger partial charge in [0, 0.05) is 24.1 Å². The number of benzene rings is 2. The van der Waals surface area contributed by atoms with E-state index < -0.39 is 16.1 Å². The first kappa shape index (κ1) is 19.6. The number of carbonyl (C=O) groups excluding carboxylic acids is 1. The zero-order valence-corrected chi connectivity index (χ0v) is 18.2. The molecule has 2 aromatic rings. The van der Waals surface area contributed by atoms with Crippen molar-refractivity contribution in [2.75, 3.05) is 13.1 Å². The Morgan fingerprint density at radius 2 is 1.75 bits per heavy atom. The first-order valence-corrected chi connectivity index (χ1v) is 11.7. The highest BCUT2D eigenvalue weighted by Gasteiger charge is 2.41. The quantitative estimate of drug-likeness (QED) is 0.701. The van der Waals surface area contributed by atoms with Crippen LogP contribution in [0.4, 0.5) is 0 Å². The predicted octanol–water partition coefficient (Wildman–Crippen LogP) is 3.50. The molecule has 2 aliphatic heterocycles. The number of fused-ring (bicyclic) bond motifs is 1. The van der Waals surface area contributed by atoms with E-state index >= 15 is 0 Å². The second-order valence-corrected chi connectivity index (χ2v) is 10.2. The number of amides is 1. The molecule has 2 aliphatic rings. The van der Waals surface area contributed by atoms with E-state index in [1.807, 2.05) is 36.1 Å². The molecule has 0 spiro atoms. The van der Waals surface area contributed by atoms with Gasteiger partial charge < -0.3 is 4.90 Å². The van der Waals surface area contributed by atoms with E-state index in [-0.39, 0.29) is 17.3 Å². The van der Waals surface area contributed by atoms with Crippen LogP contribution in [-0.2, 0) is 27.8 Å². The van der Waals surface area contributed by atoms with Crippen LogP contribution in [-0.4, -0.2) is 42.7 Å². The summed E-state index contributed by atoms with van der Waals surface area (Å²) in [6, 6.07) is 12.1. The summed E-state index contributed by atoms with van der Waals surface area (Å²) in [7, 11) is -3.80. The van der Waals surface area contributed by atoms with Gasteiger partial charge in [-0.1, -0.05) is 40.2 Å². The minimum absolute atomic E-state index is 0.0792. The molecular weight excluding hydrogens is 440 g/mol. The topological polar surface area (TPSA) is 57.7 Å². The fourth-order valence-electron chi connectivity index (χ4n) is 4.02. The largest absolute Gasteiger partial charge is 0.341 e. The molecule has 0 unspecified atom stereocenters. The van der Waals surface area contributed by atoms with Gasteiger partial charge in [-0.15, -0.1) is 0 Å². The lowest BCUT2D eigenvalue weighted by atomic mass is 9.95. The number of aryl methyl sites for hydroxylation is 1. The van der Waals surface area contributed by atoms with Crippen molar-refractivity contribution >= 4 is 31.9 Å². The molecule has 5 nitrogen and oxygen atoms in total. The molecule has 0 N–H and O–H groups in total. The third-order valence-corrected chi connectivity index (χ3v) is 8.38. The zero-order valence-electron chi connectivity index (χ0n) is 15.8. The third kappa shape index (κ3) is 3.51. The first-order chi connectivity index (χ1) is 13.4. The summed E-state index contributed by atoms with van der Waals surface area (Å²) in [6.07, 6.45) is 2.38. The second-order valence-electron chi connectivity index (χ2n) is 7.48. The predicted molar refractivity (Wildman–Crippen MR) is 111 cm³/mol. The molecule has 7 heteroatoms. The van der Waals surface area contributed by atoms with Crippen molar-refractivity contribution in [2.24, 2.45) is 0 Å². The van der Waals surface area contributed by atoms with Crippen molar-refractivity contribution in [3.05, 3.63) is 63.6 Å². The smallest absolute Gasteiger partial charge is 0.244 e. The summed E-state index contributed by atoms with van der Waals surface area (Å²) < 4.78 is 29.3. The minimum atomic E-state index is -3.80. The highest BCUT2D eigenvalue weighted by molar-refractivity contribution is 9.10. The number of hydrogen-bond donors (Lipinski definition) is 0. The van der Waals surface area contributed by atoms with Gasteiger partial charge in [0.25, 0.3) is 0 Å². The van der Waals surface area contributed by atoms with E-state index in [2.05, 4.69) is 15.9 Å². The van der Waals surface area contributed by atoms with E-state index in [0.717, 1.165) is 34.0 Å². The van der Waals surface area contributed by atoms with E-state index in [4.69, 9.17) is 0 Å². The Bertz CT molecular complexity index is 1020. The lowest BCUT2D eigenvalue weighted by molar-refractivity contribution is -0.134. The Balaban J connectivity index is 1.76. The van der Waals surface area contributed by atoms with Crippen LogP contribution in [0.15, 0.2) is 51.8 Å². The van der Waals surface area contributed by atoms with E-state index in [9.17, 15) is 13.2 Å². The van der Waals surface area contributed by atoms with Crippen LogP contribution < -0.4 is 0 Å². The summed E-state index contributed by atoms with van der Waals surface area (Å²) in [4.78, 5) is 15.3. The molecule has 0 aromatic heterocycles. The van der Waals surface area contributed by atoms with Crippen molar-refractivity contribution in [3.63, 3.8) is 0 Å². The molecular formula is C21H23BrN2O3S. The standard InChI is InChI=1S/C21H23BrN2O3S/c1-15-12-18(8-9-19(15)22)28(26,27)24-14-17-7-3-2-6-16(17)13-20(24)21(25)23-10-4-5-11-23/h2-3,6-9,12,20H,4-5,10-11,13-14H2,1H3/t20-/m1/s1. The van der Waals surface area contributed by atoms with Crippen LogP contribution in [0.1, 0.15) is 29.5 Å². The first-order valence-electron chi connectivity index (χ1n) is 9.51. The Morgan fingerprint density at radius 1 is 1.07 bits per heavy atom. The molecule has 0 aliphatic carbocycles. The molecule has 2 aromatic carbocycles. The summed E-state index contributed by atoms with van der Waals surface area (Å²) in [5.41, 5.74) is 2.87. The molecule has 0 radical (unpaired) electrons. The normalized spacial score (nSPS) is 20.2. The number of rotatable bonds is 3. The van der Waals surface area contributed by atoms with Crippen molar-refractivity contribution in [3.8, 4) is 0 Å². The maximum absolute atomic E-state index is 13.5. The molecule has 1 fully saturated rings. The van der Waals surface area contributed by atoms with Crippen LogP contribution in [0.2, 0.25) is 0 Å². The molecule has 1 saturated heterocycles. The highest BCUT2D eigenvalue weighted by atomic mass is 79.9. The second kappa shape index (κ2) is 7.61. The van der Waals surface area contributed by atoms with Crippen molar-refractivity contribution in [1.29, 1.82) is 0 Å². The van der Waals surface area contributed by atoms with Crippen LogP contribution in [0.3, 0.4) is 0 Å². The third-order valence-electron chi connectivity index (χ3n) is 5.64. The molecule has 1 amide bonds. The van der Waals surface area contributed by atoms with Crippen molar-refractivity contribution in [1.82, 2.24) is 9.21 Å². The molecule has 0 saturated carbocycles. The summed E-state index contributed by atoms with van der Waals surface area (Å²) >= 11 is 3.42. The molecule has 28 heavy (non-hydrogen) atoms. The highest BCUT2D eigenvalue weighted by Crippen LogP contribution is 2.31. The number of hydrogen-bond acceptors (Lipinski definition) is 3. The molecule has 4 rings (SSSR count). The average molecular weight is 463 g/mol. The number of likely N-dealkylation sites (tertiary alicyclic amines) is 1. The number of nitrogens with zero attached hydrogens (tertiary/aromatic N) is 2. The zero-order chi connectivity index (χ0) is 19.9. The van der Waals surface area contributed by atoms with Gasteiger partial charge in [0.15, 0.2) is 0 Å². The monoisotopic (exact) mass is 462 g/mol. The van der Waals surface area contributed by atoms with E-state index in [1.165, 1.54) is 4.31 Å². The van der Waals surface area contributed by atoms with Gasteiger partial charge in [-0.2, -0.15) is 4.31 Å².